The SMILES string of the molecule is CCN1C(=O)/C(=C\c2ccc3c(c2)c2ccccc2n3-c2ccccc2)N(C)C1=Nc1ccccc1. The minimum atomic E-state index is -0.0403. The topological polar surface area (TPSA) is 40.8 Å². The zero-order valence-electron chi connectivity index (χ0n) is 20.3. The quantitative estimate of drug-likeness (QED) is 0.278. The molecule has 1 aromatic heterocycles. The van der Waals surface area contributed by atoms with Gasteiger partial charge in [-0.1, -0.05) is 60.7 Å². The maximum Gasteiger partial charge on any atom is 0.277 e. The van der Waals surface area contributed by atoms with Gasteiger partial charge in [0, 0.05) is 30.1 Å². The summed E-state index contributed by atoms with van der Waals surface area (Å²) in [6.45, 7) is 2.52. The Morgan fingerprint density at radius 2 is 1.44 bits per heavy atom. The molecule has 0 atom stereocenters. The Morgan fingerprint density at radius 3 is 2.19 bits per heavy atom. The number of fused-ring (bicyclic) bond motifs is 3. The first-order valence-electron chi connectivity index (χ1n) is 12.2. The van der Waals surface area contributed by atoms with E-state index in [1.165, 1.54) is 5.39 Å². The van der Waals surface area contributed by atoms with Gasteiger partial charge in [-0.25, -0.2) is 4.99 Å². The van der Waals surface area contributed by atoms with Gasteiger partial charge in [0.2, 0.25) is 5.96 Å². The fraction of sp³-hybridized carbons (Fsp3) is 0.0968. The Hall–Kier alpha value is -4.64. The van der Waals surface area contributed by atoms with E-state index in [9.17, 15) is 4.79 Å². The van der Waals surface area contributed by atoms with Crippen LogP contribution in [0.25, 0.3) is 33.6 Å². The predicted molar refractivity (Wildman–Crippen MR) is 147 cm³/mol. The van der Waals surface area contributed by atoms with Crippen LogP contribution < -0.4 is 0 Å². The molecule has 1 aliphatic heterocycles. The number of aliphatic imine (C=N–C) groups is 1. The number of likely N-dealkylation sites (N-methyl/N-ethyl adjacent to an activating group) is 2. The number of aromatic nitrogens is 1. The lowest BCUT2D eigenvalue weighted by Crippen LogP contribution is -2.32. The predicted octanol–water partition coefficient (Wildman–Crippen LogP) is 6.61. The van der Waals surface area contributed by atoms with E-state index in [1.54, 1.807) is 4.90 Å². The highest BCUT2D eigenvalue weighted by Gasteiger charge is 2.36. The summed E-state index contributed by atoms with van der Waals surface area (Å²) in [5.41, 5.74) is 5.83. The van der Waals surface area contributed by atoms with Gasteiger partial charge in [-0.05, 0) is 61.0 Å². The van der Waals surface area contributed by atoms with Gasteiger partial charge in [0.25, 0.3) is 5.91 Å². The number of amides is 1. The number of carbonyl (C=O) groups is 1. The van der Waals surface area contributed by atoms with Gasteiger partial charge >= 0.3 is 0 Å². The first kappa shape index (κ1) is 21.9. The van der Waals surface area contributed by atoms with Crippen molar-refractivity contribution in [2.45, 2.75) is 6.92 Å². The molecule has 36 heavy (non-hydrogen) atoms. The second-order valence-electron chi connectivity index (χ2n) is 8.85. The number of nitrogens with zero attached hydrogens (tertiary/aromatic N) is 4. The summed E-state index contributed by atoms with van der Waals surface area (Å²) in [5.74, 6) is 0.600. The zero-order valence-corrected chi connectivity index (χ0v) is 20.3. The van der Waals surface area contributed by atoms with Crippen LogP contribution in [0.4, 0.5) is 5.69 Å². The van der Waals surface area contributed by atoms with Gasteiger partial charge in [0.15, 0.2) is 0 Å². The summed E-state index contributed by atoms with van der Waals surface area (Å²) in [5, 5.41) is 2.34. The maximum absolute atomic E-state index is 13.3. The van der Waals surface area contributed by atoms with Crippen molar-refractivity contribution in [3.05, 3.63) is 114 Å². The molecular weight excluding hydrogens is 444 g/mol. The van der Waals surface area contributed by atoms with E-state index in [-0.39, 0.29) is 5.91 Å². The molecule has 0 unspecified atom stereocenters. The van der Waals surface area contributed by atoms with Crippen LogP contribution >= 0.6 is 0 Å². The lowest BCUT2D eigenvalue weighted by atomic mass is 10.1. The third-order valence-electron chi connectivity index (χ3n) is 6.68. The van der Waals surface area contributed by atoms with Gasteiger partial charge in [-0.3, -0.25) is 9.69 Å². The summed E-state index contributed by atoms with van der Waals surface area (Å²) in [4.78, 5) is 21.7. The van der Waals surface area contributed by atoms with E-state index >= 15 is 0 Å². The number of para-hydroxylation sites is 3. The highest BCUT2D eigenvalue weighted by molar-refractivity contribution is 6.16. The minimum Gasteiger partial charge on any atom is -0.310 e. The van der Waals surface area contributed by atoms with Crippen molar-refractivity contribution >= 4 is 45.4 Å². The number of hydrogen-bond donors (Lipinski definition) is 0. The standard InChI is InChI=1S/C31H26N4O/c1-3-34-30(36)29(33(2)31(34)32-23-12-6-4-7-13-23)21-22-18-19-28-26(20-22)25-16-10-11-17-27(25)35(28)24-14-8-5-9-15-24/h4-21H,3H2,1-2H3/b29-21+,32-31?. The average Bonchev–Trinajstić information content (AvgIpc) is 3.36. The molecule has 5 aromatic rings. The molecule has 0 aliphatic carbocycles. The van der Waals surface area contributed by atoms with Crippen molar-refractivity contribution in [2.75, 3.05) is 13.6 Å². The number of carbonyl (C=O) groups excluding carboxylic acids is 1. The molecule has 176 valence electrons. The summed E-state index contributed by atoms with van der Waals surface area (Å²) in [6.07, 6.45) is 1.96. The van der Waals surface area contributed by atoms with Crippen LogP contribution in [0.15, 0.2) is 114 Å². The normalized spacial score (nSPS) is 16.2. The largest absolute Gasteiger partial charge is 0.310 e. The number of guanidine groups is 1. The molecule has 1 aliphatic rings. The maximum atomic E-state index is 13.3. The molecule has 2 heterocycles. The Bertz CT molecular complexity index is 1650. The number of hydrogen-bond acceptors (Lipinski definition) is 2. The smallest absolute Gasteiger partial charge is 0.277 e. The highest BCUT2D eigenvalue weighted by atomic mass is 16.2. The molecule has 0 spiro atoms. The summed E-state index contributed by atoms with van der Waals surface area (Å²) in [6, 6.07) is 35.0. The van der Waals surface area contributed by atoms with Gasteiger partial charge in [-0.15, -0.1) is 0 Å². The molecule has 0 N–H and O–H groups in total. The number of rotatable bonds is 4. The molecule has 0 radical (unpaired) electrons. The molecule has 6 rings (SSSR count). The molecule has 0 bridgehead atoms. The van der Waals surface area contributed by atoms with E-state index in [0.717, 1.165) is 33.4 Å². The van der Waals surface area contributed by atoms with E-state index in [4.69, 9.17) is 4.99 Å². The lowest BCUT2D eigenvalue weighted by Gasteiger charge is -2.16. The zero-order chi connectivity index (χ0) is 24.6. The second kappa shape index (κ2) is 8.86. The fourth-order valence-corrected chi connectivity index (χ4v) is 4.95. The molecule has 4 aromatic carbocycles. The molecule has 5 nitrogen and oxygen atoms in total. The lowest BCUT2D eigenvalue weighted by molar-refractivity contribution is -0.122. The third kappa shape index (κ3) is 3.57. The van der Waals surface area contributed by atoms with E-state index < -0.39 is 0 Å². The van der Waals surface area contributed by atoms with Crippen LogP contribution in [0.2, 0.25) is 0 Å². The Labute approximate surface area is 210 Å². The van der Waals surface area contributed by atoms with Gasteiger partial charge in [-0.2, -0.15) is 0 Å². The van der Waals surface area contributed by atoms with Crippen LogP contribution in [0, 0.1) is 0 Å². The van der Waals surface area contributed by atoms with Crippen LogP contribution in [-0.4, -0.2) is 39.8 Å². The first-order valence-corrected chi connectivity index (χ1v) is 12.2. The van der Waals surface area contributed by atoms with Gasteiger partial charge in [0.1, 0.15) is 5.70 Å². The van der Waals surface area contributed by atoms with Crippen LogP contribution in [0.1, 0.15) is 12.5 Å². The Morgan fingerprint density at radius 1 is 0.778 bits per heavy atom. The molecular formula is C31H26N4O. The first-order chi connectivity index (χ1) is 17.7. The minimum absolute atomic E-state index is 0.0403. The fourth-order valence-electron chi connectivity index (χ4n) is 4.95. The third-order valence-corrected chi connectivity index (χ3v) is 6.68. The van der Waals surface area contributed by atoms with Crippen LogP contribution in [0.5, 0.6) is 0 Å². The monoisotopic (exact) mass is 470 g/mol. The molecule has 1 saturated heterocycles. The number of benzene rings is 4. The van der Waals surface area contributed by atoms with Crippen molar-refractivity contribution in [1.29, 1.82) is 0 Å². The second-order valence-corrected chi connectivity index (χ2v) is 8.85. The highest BCUT2D eigenvalue weighted by Crippen LogP contribution is 2.33. The Kier molecular flexibility index (Phi) is 5.38. The van der Waals surface area contributed by atoms with Crippen LogP contribution in [0.3, 0.4) is 0 Å². The van der Waals surface area contributed by atoms with E-state index in [2.05, 4.69) is 71.3 Å². The van der Waals surface area contributed by atoms with Crippen molar-refractivity contribution in [3.63, 3.8) is 0 Å². The Balaban J connectivity index is 1.47. The van der Waals surface area contributed by atoms with E-state index in [1.807, 2.05) is 61.3 Å². The molecule has 1 fully saturated rings. The summed E-state index contributed by atoms with van der Waals surface area (Å²) < 4.78 is 2.29. The van der Waals surface area contributed by atoms with Crippen molar-refractivity contribution in [1.82, 2.24) is 14.4 Å². The van der Waals surface area contributed by atoms with E-state index in [0.29, 0.717) is 18.2 Å². The van der Waals surface area contributed by atoms with Gasteiger partial charge in [0.05, 0.1) is 16.7 Å². The van der Waals surface area contributed by atoms with Crippen molar-refractivity contribution in [3.8, 4) is 5.69 Å². The van der Waals surface area contributed by atoms with Crippen molar-refractivity contribution < 1.29 is 4.79 Å². The molecule has 0 saturated carbocycles. The average molecular weight is 471 g/mol. The summed E-state index contributed by atoms with van der Waals surface area (Å²) in [7, 11) is 1.90. The van der Waals surface area contributed by atoms with Crippen molar-refractivity contribution in [2.24, 2.45) is 4.99 Å². The molecule has 1 amide bonds. The van der Waals surface area contributed by atoms with Gasteiger partial charge < -0.3 is 9.47 Å². The van der Waals surface area contributed by atoms with Crippen LogP contribution in [-0.2, 0) is 4.79 Å². The molecule has 5 heteroatoms. The summed E-state index contributed by atoms with van der Waals surface area (Å²) >= 11 is 0.